The number of benzene rings is 1. The van der Waals surface area contributed by atoms with Gasteiger partial charge in [-0.3, -0.25) is 0 Å². The minimum atomic E-state index is 1.10. The molecule has 52 valence electrons. The van der Waals surface area contributed by atoms with Crippen LogP contribution in [0.1, 0.15) is 5.56 Å². The third kappa shape index (κ3) is 1.89. The molecule has 0 fully saturated rings. The smallest absolute Gasteiger partial charge is 0.0247 e. The normalized spacial score (nSPS) is 10.6. The molecular weight excluding hydrogens is 208 g/mol. The van der Waals surface area contributed by atoms with Gasteiger partial charge in [0.1, 0.15) is 0 Å². The van der Waals surface area contributed by atoms with E-state index < -0.39 is 0 Å². The second-order valence-corrected chi connectivity index (χ2v) is 2.99. The van der Waals surface area contributed by atoms with Crippen LogP contribution >= 0.6 is 28.6 Å². The SMILES string of the molecule is SC=Cc1ccccc1Br. The van der Waals surface area contributed by atoms with Crippen LogP contribution in [-0.2, 0) is 0 Å². The summed E-state index contributed by atoms with van der Waals surface area (Å²) >= 11 is 7.39. The molecule has 2 heteroatoms. The molecule has 0 nitrogen and oxygen atoms in total. The Morgan fingerprint density at radius 3 is 2.60 bits per heavy atom. The molecule has 0 spiro atoms. The van der Waals surface area contributed by atoms with Gasteiger partial charge in [0.05, 0.1) is 0 Å². The average molecular weight is 215 g/mol. The van der Waals surface area contributed by atoms with Gasteiger partial charge in [-0.1, -0.05) is 34.1 Å². The lowest BCUT2D eigenvalue weighted by Gasteiger charge is -1.94. The molecule has 0 N–H and O–H groups in total. The van der Waals surface area contributed by atoms with Gasteiger partial charge >= 0.3 is 0 Å². The Hall–Kier alpha value is -0.210. The quantitative estimate of drug-likeness (QED) is 0.682. The van der Waals surface area contributed by atoms with Gasteiger partial charge in [0.2, 0.25) is 0 Å². The molecule has 10 heavy (non-hydrogen) atoms. The Morgan fingerprint density at radius 2 is 2.00 bits per heavy atom. The molecule has 1 rings (SSSR count). The molecule has 1 aromatic carbocycles. The third-order valence-electron chi connectivity index (χ3n) is 1.16. The van der Waals surface area contributed by atoms with E-state index in [0.29, 0.717) is 0 Å². The molecule has 0 saturated carbocycles. The zero-order chi connectivity index (χ0) is 7.40. The summed E-state index contributed by atoms with van der Waals surface area (Å²) in [4.78, 5) is 0. The summed E-state index contributed by atoms with van der Waals surface area (Å²) in [6.45, 7) is 0. The fourth-order valence-corrected chi connectivity index (χ4v) is 1.27. The number of rotatable bonds is 1. The lowest BCUT2D eigenvalue weighted by Crippen LogP contribution is -1.71. The fraction of sp³-hybridized carbons (Fsp3) is 0. The molecule has 0 unspecified atom stereocenters. The van der Waals surface area contributed by atoms with Gasteiger partial charge < -0.3 is 0 Å². The highest BCUT2D eigenvalue weighted by atomic mass is 79.9. The maximum absolute atomic E-state index is 3.98. The van der Waals surface area contributed by atoms with Crippen molar-refractivity contribution in [1.29, 1.82) is 0 Å². The lowest BCUT2D eigenvalue weighted by molar-refractivity contribution is 1.61. The van der Waals surface area contributed by atoms with E-state index in [9.17, 15) is 0 Å². The second kappa shape index (κ2) is 3.84. The molecule has 0 aliphatic heterocycles. The van der Waals surface area contributed by atoms with Crippen LogP contribution in [0.3, 0.4) is 0 Å². The zero-order valence-electron chi connectivity index (χ0n) is 5.29. The second-order valence-electron chi connectivity index (χ2n) is 1.84. The molecule has 0 saturated heterocycles. The largest absolute Gasteiger partial charge is 0.151 e. The van der Waals surface area contributed by atoms with Crippen LogP contribution in [0.5, 0.6) is 0 Å². The molecule has 1 aromatic rings. The van der Waals surface area contributed by atoms with Crippen LogP contribution in [0.15, 0.2) is 34.1 Å². The van der Waals surface area contributed by atoms with Crippen LogP contribution in [-0.4, -0.2) is 0 Å². The van der Waals surface area contributed by atoms with Crippen molar-refractivity contribution >= 4 is 34.6 Å². The molecule has 0 aromatic heterocycles. The average Bonchev–Trinajstić information content (AvgIpc) is 1.94. The number of hydrogen-bond donors (Lipinski definition) is 1. The first kappa shape index (κ1) is 7.89. The van der Waals surface area contributed by atoms with Gasteiger partial charge in [-0.2, -0.15) is 12.6 Å². The predicted octanol–water partition coefficient (Wildman–Crippen LogP) is 3.35. The number of halogens is 1. The van der Waals surface area contributed by atoms with Crippen molar-refractivity contribution in [2.75, 3.05) is 0 Å². The van der Waals surface area contributed by atoms with Crippen LogP contribution in [0.25, 0.3) is 6.08 Å². The van der Waals surface area contributed by atoms with Crippen molar-refractivity contribution < 1.29 is 0 Å². The van der Waals surface area contributed by atoms with Crippen molar-refractivity contribution in [3.63, 3.8) is 0 Å². The van der Waals surface area contributed by atoms with E-state index in [0.717, 1.165) is 10.0 Å². The minimum Gasteiger partial charge on any atom is -0.151 e. The first-order valence-electron chi connectivity index (χ1n) is 2.90. The summed E-state index contributed by atoms with van der Waals surface area (Å²) in [5.74, 6) is 0. The highest BCUT2D eigenvalue weighted by Gasteiger charge is 1.89. The van der Waals surface area contributed by atoms with Gasteiger partial charge in [-0.15, -0.1) is 0 Å². The van der Waals surface area contributed by atoms with Crippen molar-refractivity contribution in [3.05, 3.63) is 39.7 Å². The van der Waals surface area contributed by atoms with E-state index in [-0.39, 0.29) is 0 Å². The van der Waals surface area contributed by atoms with Crippen molar-refractivity contribution in [3.8, 4) is 0 Å². The highest BCUT2D eigenvalue weighted by molar-refractivity contribution is 9.10. The standard InChI is InChI=1S/C8H7BrS/c9-8-4-2-1-3-7(8)5-6-10/h1-6,10H. The first-order valence-corrected chi connectivity index (χ1v) is 4.21. The Labute approximate surface area is 74.5 Å². The number of thiol groups is 1. The summed E-state index contributed by atoms with van der Waals surface area (Å²) in [5.41, 5.74) is 1.15. The molecule has 0 heterocycles. The van der Waals surface area contributed by atoms with Crippen molar-refractivity contribution in [1.82, 2.24) is 0 Å². The summed E-state index contributed by atoms with van der Waals surface area (Å²) in [7, 11) is 0. The van der Waals surface area contributed by atoms with E-state index in [1.54, 1.807) is 5.41 Å². The Kier molecular flexibility index (Phi) is 3.03. The van der Waals surface area contributed by atoms with E-state index in [2.05, 4.69) is 28.6 Å². The summed E-state index contributed by atoms with van der Waals surface area (Å²) < 4.78 is 1.10. The molecule has 0 bridgehead atoms. The lowest BCUT2D eigenvalue weighted by atomic mass is 10.2. The van der Waals surface area contributed by atoms with Crippen molar-refractivity contribution in [2.24, 2.45) is 0 Å². The number of hydrogen-bond acceptors (Lipinski definition) is 1. The van der Waals surface area contributed by atoms with E-state index in [1.807, 2.05) is 30.3 Å². The third-order valence-corrected chi connectivity index (χ3v) is 2.03. The molecular formula is C8H7BrS. The highest BCUT2D eigenvalue weighted by Crippen LogP contribution is 2.16. The van der Waals surface area contributed by atoms with Crippen LogP contribution in [0.2, 0.25) is 0 Å². The summed E-state index contributed by atoms with van der Waals surface area (Å²) in [6.07, 6.45) is 1.94. The molecule has 0 amide bonds. The molecule has 0 aliphatic rings. The van der Waals surface area contributed by atoms with E-state index in [4.69, 9.17) is 0 Å². The maximum atomic E-state index is 3.98. The molecule has 0 radical (unpaired) electrons. The van der Waals surface area contributed by atoms with Crippen molar-refractivity contribution in [2.45, 2.75) is 0 Å². The van der Waals surface area contributed by atoms with Gasteiger partial charge in [0.15, 0.2) is 0 Å². The summed E-state index contributed by atoms with van der Waals surface area (Å²) in [6, 6.07) is 8.01. The van der Waals surface area contributed by atoms with Crippen LogP contribution in [0.4, 0.5) is 0 Å². The first-order chi connectivity index (χ1) is 4.84. The monoisotopic (exact) mass is 214 g/mol. The zero-order valence-corrected chi connectivity index (χ0v) is 7.77. The van der Waals surface area contributed by atoms with Gasteiger partial charge in [-0.25, -0.2) is 0 Å². The minimum absolute atomic E-state index is 1.10. The topological polar surface area (TPSA) is 0 Å². The Morgan fingerprint density at radius 1 is 1.30 bits per heavy atom. The van der Waals surface area contributed by atoms with Gasteiger partial charge in [0.25, 0.3) is 0 Å². The van der Waals surface area contributed by atoms with Gasteiger partial charge in [-0.05, 0) is 23.1 Å². The molecule has 0 atom stereocenters. The summed E-state index contributed by atoms with van der Waals surface area (Å²) in [5, 5.41) is 1.72. The predicted molar refractivity (Wildman–Crippen MR) is 52.2 cm³/mol. The maximum Gasteiger partial charge on any atom is 0.0247 e. The Bertz CT molecular complexity index is 243. The Balaban J connectivity index is 3.03. The van der Waals surface area contributed by atoms with E-state index >= 15 is 0 Å². The van der Waals surface area contributed by atoms with Gasteiger partial charge in [0, 0.05) is 4.47 Å². The molecule has 0 aliphatic carbocycles. The van der Waals surface area contributed by atoms with Crippen LogP contribution < -0.4 is 0 Å². The van der Waals surface area contributed by atoms with Crippen LogP contribution in [0, 0.1) is 0 Å². The van der Waals surface area contributed by atoms with E-state index in [1.165, 1.54) is 0 Å². The fourth-order valence-electron chi connectivity index (χ4n) is 0.691.